The Hall–Kier alpha value is -7.10. The summed E-state index contributed by atoms with van der Waals surface area (Å²) in [5, 5.41) is 2.18. The van der Waals surface area contributed by atoms with Gasteiger partial charge in [-0.25, -0.2) is 9.97 Å². The SMILES string of the molecule is C1=CC2c3ccccc3C3(c4ccccc4-c4cc(-c5cc(-c6cccc7c6oc6ccccc67)nc(-c6ccccc6)n5)ccc43)c3ccccc3C2C=C1. The standard InChI is InChI=1S/C53H34N2O/c1-2-15-33(16-3-1)52-54-48(32-49(55-52)42-24-14-23-41-40-22-9-13-28-50(40)56-51(41)42)34-29-30-47-43(31-34)39-21-8-12-27-46(39)53(47)44-25-10-6-19-37(44)35-17-4-5-18-36(35)38-20-7-11-26-45(38)53/h1-32,35-36H. The van der Waals surface area contributed by atoms with Gasteiger partial charge in [0.05, 0.1) is 16.8 Å². The van der Waals surface area contributed by atoms with Crippen LogP contribution in [-0.4, -0.2) is 9.97 Å². The van der Waals surface area contributed by atoms with Crippen molar-refractivity contribution in [3.63, 3.8) is 0 Å². The van der Waals surface area contributed by atoms with Crippen LogP contribution in [0.25, 0.3) is 67.0 Å². The molecule has 3 aliphatic carbocycles. The molecule has 12 rings (SSSR count). The summed E-state index contributed by atoms with van der Waals surface area (Å²) in [4.78, 5) is 10.5. The molecule has 2 unspecified atom stereocenters. The van der Waals surface area contributed by atoms with E-state index in [0.717, 1.165) is 50.0 Å². The van der Waals surface area contributed by atoms with Crippen LogP contribution in [0.5, 0.6) is 0 Å². The maximum Gasteiger partial charge on any atom is 0.160 e. The van der Waals surface area contributed by atoms with E-state index in [9.17, 15) is 0 Å². The lowest BCUT2D eigenvalue weighted by atomic mass is 9.66. The molecular weight excluding hydrogens is 681 g/mol. The van der Waals surface area contributed by atoms with Crippen LogP contribution in [0.3, 0.4) is 0 Å². The van der Waals surface area contributed by atoms with Gasteiger partial charge in [0.15, 0.2) is 5.82 Å². The lowest BCUT2D eigenvalue weighted by Crippen LogP contribution is -2.30. The number of nitrogens with zero attached hydrogens (tertiary/aromatic N) is 2. The summed E-state index contributed by atoms with van der Waals surface area (Å²) >= 11 is 0. The predicted octanol–water partition coefficient (Wildman–Crippen LogP) is 13.0. The quantitative estimate of drug-likeness (QED) is 0.183. The van der Waals surface area contributed by atoms with Crippen LogP contribution < -0.4 is 0 Å². The van der Waals surface area contributed by atoms with Crippen molar-refractivity contribution in [3.8, 4) is 45.0 Å². The number of benzene rings is 7. The third kappa shape index (κ3) is 4.34. The Morgan fingerprint density at radius 1 is 0.429 bits per heavy atom. The van der Waals surface area contributed by atoms with Crippen LogP contribution in [-0.2, 0) is 5.41 Å². The monoisotopic (exact) mass is 714 g/mol. The highest BCUT2D eigenvalue weighted by Gasteiger charge is 2.51. The van der Waals surface area contributed by atoms with Gasteiger partial charge in [-0.15, -0.1) is 0 Å². The fourth-order valence-corrected chi connectivity index (χ4v) is 10.0. The van der Waals surface area contributed by atoms with E-state index >= 15 is 0 Å². The molecular formula is C53H34N2O. The maximum atomic E-state index is 6.53. The highest BCUT2D eigenvalue weighted by atomic mass is 16.3. The molecule has 0 fully saturated rings. The summed E-state index contributed by atoms with van der Waals surface area (Å²) in [6.07, 6.45) is 9.23. The van der Waals surface area contributed by atoms with Gasteiger partial charge < -0.3 is 4.42 Å². The molecule has 0 amide bonds. The van der Waals surface area contributed by atoms with E-state index in [4.69, 9.17) is 14.4 Å². The van der Waals surface area contributed by atoms with Gasteiger partial charge >= 0.3 is 0 Å². The summed E-state index contributed by atoms with van der Waals surface area (Å²) in [6, 6.07) is 61.4. The number of rotatable bonds is 3. The highest BCUT2D eigenvalue weighted by Crippen LogP contribution is 2.62. The zero-order valence-electron chi connectivity index (χ0n) is 30.4. The van der Waals surface area contributed by atoms with Gasteiger partial charge in [0.25, 0.3) is 0 Å². The molecule has 56 heavy (non-hydrogen) atoms. The van der Waals surface area contributed by atoms with Gasteiger partial charge in [-0.3, -0.25) is 0 Å². The Balaban J connectivity index is 1.11. The minimum absolute atomic E-state index is 0.249. The molecule has 3 heteroatoms. The molecule has 0 saturated carbocycles. The van der Waals surface area contributed by atoms with Crippen molar-refractivity contribution in [3.05, 3.63) is 228 Å². The predicted molar refractivity (Wildman–Crippen MR) is 227 cm³/mol. The van der Waals surface area contributed by atoms with Gasteiger partial charge in [0.2, 0.25) is 0 Å². The number of hydrogen-bond donors (Lipinski definition) is 0. The third-order valence-corrected chi connectivity index (χ3v) is 12.4. The Labute approximate surface area is 325 Å². The largest absolute Gasteiger partial charge is 0.455 e. The normalized spacial score (nSPS) is 18.6. The summed E-state index contributed by atoms with van der Waals surface area (Å²) in [5.74, 6) is 1.18. The number of furan rings is 1. The lowest BCUT2D eigenvalue weighted by molar-refractivity contribution is 0.670. The van der Waals surface area contributed by atoms with Crippen molar-refractivity contribution in [2.45, 2.75) is 17.3 Å². The van der Waals surface area contributed by atoms with Gasteiger partial charge in [-0.05, 0) is 68.8 Å². The smallest absolute Gasteiger partial charge is 0.160 e. The molecule has 0 saturated heterocycles. The van der Waals surface area contributed by atoms with E-state index in [2.05, 4.69) is 164 Å². The first-order valence-corrected chi connectivity index (χ1v) is 19.4. The maximum absolute atomic E-state index is 6.53. The summed E-state index contributed by atoms with van der Waals surface area (Å²) < 4.78 is 6.53. The zero-order valence-corrected chi connectivity index (χ0v) is 30.4. The van der Waals surface area contributed by atoms with E-state index in [1.807, 2.05) is 30.3 Å². The topological polar surface area (TPSA) is 38.9 Å². The molecule has 3 nitrogen and oxygen atoms in total. The van der Waals surface area contributed by atoms with E-state index in [0.29, 0.717) is 5.82 Å². The molecule has 0 radical (unpaired) electrons. The molecule has 1 spiro atoms. The zero-order chi connectivity index (χ0) is 36.8. The van der Waals surface area contributed by atoms with E-state index < -0.39 is 5.41 Å². The van der Waals surface area contributed by atoms with Crippen LogP contribution in [0.4, 0.5) is 0 Å². The van der Waals surface area contributed by atoms with E-state index in [1.165, 1.54) is 44.5 Å². The Bertz CT molecular complexity index is 3050. The summed E-state index contributed by atoms with van der Waals surface area (Å²) in [5.41, 5.74) is 16.5. The van der Waals surface area contributed by atoms with Crippen LogP contribution in [0, 0.1) is 0 Å². The van der Waals surface area contributed by atoms with Gasteiger partial charge in [0, 0.05) is 39.3 Å². The molecule has 7 aromatic carbocycles. The Morgan fingerprint density at radius 2 is 1.04 bits per heavy atom. The minimum atomic E-state index is -0.486. The van der Waals surface area contributed by atoms with Gasteiger partial charge in [-0.2, -0.15) is 0 Å². The number of allylic oxidation sites excluding steroid dienone is 4. The second-order valence-corrected chi connectivity index (χ2v) is 15.2. The second-order valence-electron chi connectivity index (χ2n) is 15.2. The molecule has 0 N–H and O–H groups in total. The van der Waals surface area contributed by atoms with Crippen molar-refractivity contribution >= 4 is 21.9 Å². The second kappa shape index (κ2) is 11.9. The molecule has 2 heterocycles. The number of para-hydroxylation sites is 2. The molecule has 262 valence electrons. The fraction of sp³-hybridized carbons (Fsp3) is 0.0566. The molecule has 0 aliphatic heterocycles. The molecule has 3 aliphatic rings. The van der Waals surface area contributed by atoms with Crippen LogP contribution in [0.15, 0.2) is 199 Å². The number of aromatic nitrogens is 2. The van der Waals surface area contributed by atoms with E-state index in [-0.39, 0.29) is 11.8 Å². The first-order chi connectivity index (χ1) is 27.8. The Morgan fingerprint density at radius 3 is 1.82 bits per heavy atom. The van der Waals surface area contributed by atoms with Crippen molar-refractivity contribution in [2.24, 2.45) is 0 Å². The Kier molecular flexibility index (Phi) is 6.67. The molecule has 0 bridgehead atoms. The summed E-state index contributed by atoms with van der Waals surface area (Å²) in [6.45, 7) is 0. The fourth-order valence-electron chi connectivity index (χ4n) is 10.0. The van der Waals surface area contributed by atoms with Crippen molar-refractivity contribution < 1.29 is 4.42 Å². The van der Waals surface area contributed by atoms with Crippen molar-refractivity contribution in [1.29, 1.82) is 0 Å². The van der Waals surface area contributed by atoms with Crippen molar-refractivity contribution in [2.75, 3.05) is 0 Å². The van der Waals surface area contributed by atoms with Crippen LogP contribution >= 0.6 is 0 Å². The number of hydrogen-bond acceptors (Lipinski definition) is 3. The van der Waals surface area contributed by atoms with E-state index in [1.54, 1.807) is 0 Å². The first-order valence-electron chi connectivity index (χ1n) is 19.4. The van der Waals surface area contributed by atoms with Crippen LogP contribution in [0.1, 0.15) is 45.2 Å². The minimum Gasteiger partial charge on any atom is -0.455 e. The van der Waals surface area contributed by atoms with Crippen molar-refractivity contribution in [1.82, 2.24) is 9.97 Å². The lowest BCUT2D eigenvalue weighted by Gasteiger charge is -2.35. The molecule has 9 aromatic rings. The third-order valence-electron chi connectivity index (χ3n) is 12.4. The molecule has 2 aromatic heterocycles. The van der Waals surface area contributed by atoms with Gasteiger partial charge in [-0.1, -0.05) is 170 Å². The highest BCUT2D eigenvalue weighted by molar-refractivity contribution is 6.09. The summed E-state index contributed by atoms with van der Waals surface area (Å²) in [7, 11) is 0. The first kappa shape index (κ1) is 31.3. The average molecular weight is 715 g/mol. The van der Waals surface area contributed by atoms with Gasteiger partial charge in [0.1, 0.15) is 11.2 Å². The molecule has 2 atom stereocenters. The van der Waals surface area contributed by atoms with Crippen LogP contribution in [0.2, 0.25) is 0 Å². The average Bonchev–Trinajstić information content (AvgIpc) is 3.77. The number of fused-ring (bicyclic) bond motifs is 15.